The Morgan fingerprint density at radius 3 is 2.44 bits per heavy atom. The molecule has 0 spiro atoms. The Kier molecular flexibility index (Phi) is 4.36. The van der Waals surface area contributed by atoms with Crippen LogP contribution in [0, 0.1) is 5.41 Å². The number of nitrogens with one attached hydrogen (secondary N) is 1. The Hall–Kier alpha value is -1.02. The third-order valence-electron chi connectivity index (χ3n) is 3.09. The van der Waals surface area contributed by atoms with Crippen molar-refractivity contribution >= 4 is 0 Å². The molecule has 0 aliphatic carbocycles. The molecule has 16 heavy (non-hydrogen) atoms. The van der Waals surface area contributed by atoms with Crippen LogP contribution >= 0.6 is 0 Å². The highest BCUT2D eigenvalue weighted by Gasteiger charge is 2.19. The van der Waals surface area contributed by atoms with Crippen molar-refractivity contribution in [1.29, 1.82) is 0 Å². The molecule has 0 heterocycles. The SMILES string of the molecule is COc1ccccc1CNC(C)C(C)(C)C. The van der Waals surface area contributed by atoms with E-state index in [1.807, 2.05) is 18.2 Å². The van der Waals surface area contributed by atoms with E-state index in [4.69, 9.17) is 4.74 Å². The van der Waals surface area contributed by atoms with Crippen molar-refractivity contribution < 1.29 is 4.74 Å². The van der Waals surface area contributed by atoms with Crippen LogP contribution in [0.2, 0.25) is 0 Å². The molecule has 0 saturated heterocycles. The highest BCUT2D eigenvalue weighted by molar-refractivity contribution is 5.33. The van der Waals surface area contributed by atoms with Gasteiger partial charge in [0.1, 0.15) is 5.75 Å². The molecular formula is C14H23NO. The lowest BCUT2D eigenvalue weighted by molar-refractivity contribution is 0.283. The van der Waals surface area contributed by atoms with Crippen LogP contribution in [-0.4, -0.2) is 13.2 Å². The van der Waals surface area contributed by atoms with Gasteiger partial charge in [0.25, 0.3) is 0 Å². The smallest absolute Gasteiger partial charge is 0.123 e. The van der Waals surface area contributed by atoms with E-state index in [0.29, 0.717) is 6.04 Å². The van der Waals surface area contributed by atoms with E-state index < -0.39 is 0 Å². The van der Waals surface area contributed by atoms with Gasteiger partial charge >= 0.3 is 0 Å². The first kappa shape index (κ1) is 13.0. The fourth-order valence-electron chi connectivity index (χ4n) is 1.42. The van der Waals surface area contributed by atoms with E-state index in [0.717, 1.165) is 12.3 Å². The lowest BCUT2D eigenvalue weighted by atomic mass is 9.88. The number of methoxy groups -OCH3 is 1. The predicted octanol–water partition coefficient (Wildman–Crippen LogP) is 3.22. The minimum absolute atomic E-state index is 0.280. The summed E-state index contributed by atoms with van der Waals surface area (Å²) in [5.74, 6) is 0.955. The zero-order chi connectivity index (χ0) is 12.2. The molecule has 1 aromatic carbocycles. The van der Waals surface area contributed by atoms with E-state index in [9.17, 15) is 0 Å². The van der Waals surface area contributed by atoms with Gasteiger partial charge in [0.05, 0.1) is 7.11 Å². The molecule has 2 heteroatoms. The normalized spacial score (nSPS) is 13.6. The highest BCUT2D eigenvalue weighted by atomic mass is 16.5. The van der Waals surface area contributed by atoms with Gasteiger partial charge in [0, 0.05) is 18.2 Å². The minimum Gasteiger partial charge on any atom is -0.496 e. The topological polar surface area (TPSA) is 21.3 Å². The van der Waals surface area contributed by atoms with Gasteiger partial charge < -0.3 is 10.1 Å². The van der Waals surface area contributed by atoms with Crippen LogP contribution in [0.3, 0.4) is 0 Å². The molecule has 0 bridgehead atoms. The van der Waals surface area contributed by atoms with E-state index >= 15 is 0 Å². The van der Waals surface area contributed by atoms with Gasteiger partial charge in [-0.15, -0.1) is 0 Å². The Morgan fingerprint density at radius 2 is 1.88 bits per heavy atom. The van der Waals surface area contributed by atoms with Crippen molar-refractivity contribution in [3.63, 3.8) is 0 Å². The first-order valence-corrected chi connectivity index (χ1v) is 5.80. The van der Waals surface area contributed by atoms with Crippen LogP contribution < -0.4 is 10.1 Å². The second kappa shape index (κ2) is 5.35. The molecule has 1 unspecified atom stereocenters. The van der Waals surface area contributed by atoms with Gasteiger partial charge in [-0.05, 0) is 18.4 Å². The molecule has 0 saturated carbocycles. The molecule has 0 amide bonds. The summed E-state index contributed by atoms with van der Waals surface area (Å²) in [6.45, 7) is 9.80. The van der Waals surface area contributed by atoms with Crippen molar-refractivity contribution in [3.8, 4) is 5.75 Å². The number of rotatable bonds is 4. The fourth-order valence-corrected chi connectivity index (χ4v) is 1.42. The van der Waals surface area contributed by atoms with Crippen LogP contribution in [0.25, 0.3) is 0 Å². The monoisotopic (exact) mass is 221 g/mol. The number of ether oxygens (including phenoxy) is 1. The van der Waals surface area contributed by atoms with Crippen molar-refractivity contribution in [2.75, 3.05) is 7.11 Å². The van der Waals surface area contributed by atoms with Crippen LogP contribution in [0.15, 0.2) is 24.3 Å². The summed E-state index contributed by atoms with van der Waals surface area (Å²) in [6.07, 6.45) is 0. The Labute approximate surface area is 99.0 Å². The first-order chi connectivity index (χ1) is 7.45. The van der Waals surface area contributed by atoms with Gasteiger partial charge in [0.15, 0.2) is 0 Å². The summed E-state index contributed by atoms with van der Waals surface area (Å²) in [5, 5.41) is 3.53. The third kappa shape index (κ3) is 3.53. The van der Waals surface area contributed by atoms with E-state index in [1.165, 1.54) is 5.56 Å². The Bertz CT molecular complexity index is 328. The lowest BCUT2D eigenvalue weighted by Gasteiger charge is -2.28. The van der Waals surface area contributed by atoms with Crippen LogP contribution in [0.5, 0.6) is 5.75 Å². The molecule has 0 aromatic heterocycles. The zero-order valence-electron chi connectivity index (χ0n) is 11.0. The van der Waals surface area contributed by atoms with Crippen molar-refractivity contribution in [3.05, 3.63) is 29.8 Å². The largest absolute Gasteiger partial charge is 0.496 e. The van der Waals surface area contributed by atoms with Gasteiger partial charge in [0.2, 0.25) is 0 Å². The Morgan fingerprint density at radius 1 is 1.25 bits per heavy atom. The van der Waals surface area contributed by atoms with Gasteiger partial charge in [-0.2, -0.15) is 0 Å². The molecule has 1 atom stereocenters. The first-order valence-electron chi connectivity index (χ1n) is 5.80. The van der Waals surface area contributed by atoms with E-state index in [-0.39, 0.29) is 5.41 Å². The quantitative estimate of drug-likeness (QED) is 0.843. The molecule has 0 radical (unpaired) electrons. The highest BCUT2D eigenvalue weighted by Crippen LogP contribution is 2.21. The second-order valence-electron chi connectivity index (χ2n) is 5.28. The molecule has 1 rings (SSSR count). The molecule has 0 aliphatic rings. The maximum atomic E-state index is 5.32. The van der Waals surface area contributed by atoms with Gasteiger partial charge in [-0.25, -0.2) is 0 Å². The maximum Gasteiger partial charge on any atom is 0.123 e. The lowest BCUT2D eigenvalue weighted by Crippen LogP contribution is -2.37. The summed E-state index contributed by atoms with van der Waals surface area (Å²) in [6, 6.07) is 8.61. The maximum absolute atomic E-state index is 5.32. The van der Waals surface area contributed by atoms with Crippen molar-refractivity contribution in [1.82, 2.24) is 5.32 Å². The average molecular weight is 221 g/mol. The summed E-state index contributed by atoms with van der Waals surface area (Å²) < 4.78 is 5.32. The minimum atomic E-state index is 0.280. The Balaban J connectivity index is 2.61. The van der Waals surface area contributed by atoms with Crippen LogP contribution in [0.4, 0.5) is 0 Å². The fraction of sp³-hybridized carbons (Fsp3) is 0.571. The third-order valence-corrected chi connectivity index (χ3v) is 3.09. The van der Waals surface area contributed by atoms with Crippen molar-refractivity contribution in [2.24, 2.45) is 5.41 Å². The second-order valence-corrected chi connectivity index (χ2v) is 5.28. The molecule has 2 nitrogen and oxygen atoms in total. The number of hydrogen-bond donors (Lipinski definition) is 1. The van der Waals surface area contributed by atoms with Crippen LogP contribution in [-0.2, 0) is 6.54 Å². The summed E-state index contributed by atoms with van der Waals surface area (Å²) in [5.41, 5.74) is 1.49. The molecule has 1 N–H and O–H groups in total. The summed E-state index contributed by atoms with van der Waals surface area (Å²) in [7, 11) is 1.71. The average Bonchev–Trinajstić information content (AvgIpc) is 2.24. The van der Waals surface area contributed by atoms with Crippen molar-refractivity contribution in [2.45, 2.75) is 40.3 Å². The molecule has 0 aliphatic heterocycles. The van der Waals surface area contributed by atoms with E-state index in [2.05, 4.69) is 39.1 Å². The molecule has 1 aromatic rings. The zero-order valence-corrected chi connectivity index (χ0v) is 11.0. The number of para-hydroxylation sites is 1. The standard InChI is InChI=1S/C14H23NO/c1-11(14(2,3)4)15-10-12-8-6-7-9-13(12)16-5/h6-9,11,15H,10H2,1-5H3. The molecular weight excluding hydrogens is 198 g/mol. The summed E-state index contributed by atoms with van der Waals surface area (Å²) in [4.78, 5) is 0. The summed E-state index contributed by atoms with van der Waals surface area (Å²) >= 11 is 0. The predicted molar refractivity (Wildman–Crippen MR) is 68.8 cm³/mol. The number of hydrogen-bond acceptors (Lipinski definition) is 2. The van der Waals surface area contributed by atoms with Gasteiger partial charge in [-0.3, -0.25) is 0 Å². The molecule has 90 valence electrons. The van der Waals surface area contributed by atoms with Gasteiger partial charge in [-0.1, -0.05) is 39.0 Å². The van der Waals surface area contributed by atoms with Crippen LogP contribution in [0.1, 0.15) is 33.3 Å². The van der Waals surface area contributed by atoms with E-state index in [1.54, 1.807) is 7.11 Å². The number of benzene rings is 1. The molecule has 0 fully saturated rings.